The Morgan fingerprint density at radius 3 is 2.61 bits per heavy atom. The highest BCUT2D eigenvalue weighted by atomic mass is 16.7. The number of hydrogen-bond donors (Lipinski definition) is 2. The zero-order valence-electron chi connectivity index (χ0n) is 23.1. The largest absolute Gasteiger partial charge is 0.490 e. The maximum Gasteiger partial charge on any atom is 0.257 e. The molecular weight excluding hydrogens is 530 g/mol. The molecule has 0 saturated carbocycles. The molecule has 11 heteroatoms. The summed E-state index contributed by atoms with van der Waals surface area (Å²) in [5.74, 6) is 1.36. The number of rotatable bonds is 6. The van der Waals surface area contributed by atoms with Crippen molar-refractivity contribution in [3.8, 4) is 17.2 Å². The van der Waals surface area contributed by atoms with Crippen LogP contribution in [-0.2, 0) is 25.6 Å². The Morgan fingerprint density at radius 2 is 1.76 bits per heavy atom. The van der Waals surface area contributed by atoms with Crippen molar-refractivity contribution in [3.05, 3.63) is 47.5 Å². The van der Waals surface area contributed by atoms with Crippen LogP contribution >= 0.6 is 0 Å². The van der Waals surface area contributed by atoms with Crippen molar-refractivity contribution in [2.45, 2.75) is 56.9 Å². The summed E-state index contributed by atoms with van der Waals surface area (Å²) in [5.41, 5.74) is 1.89. The summed E-state index contributed by atoms with van der Waals surface area (Å²) in [6.07, 6.45) is 2.28. The third-order valence-corrected chi connectivity index (χ3v) is 8.21. The summed E-state index contributed by atoms with van der Waals surface area (Å²) >= 11 is 0. The van der Waals surface area contributed by atoms with Crippen molar-refractivity contribution in [1.82, 2.24) is 10.2 Å². The molecule has 6 rings (SSSR count). The maximum atomic E-state index is 13.5. The molecule has 4 aliphatic rings. The number of carbonyl (C=O) groups excluding carboxylic acids is 3. The summed E-state index contributed by atoms with van der Waals surface area (Å²) in [6, 6.07) is 10.6. The van der Waals surface area contributed by atoms with E-state index in [4.69, 9.17) is 23.7 Å². The fourth-order valence-electron chi connectivity index (χ4n) is 5.84. The highest BCUT2D eigenvalue weighted by molar-refractivity contribution is 6.00. The average molecular weight is 566 g/mol. The van der Waals surface area contributed by atoms with Crippen LogP contribution in [0.15, 0.2) is 36.4 Å². The van der Waals surface area contributed by atoms with E-state index in [0.717, 1.165) is 5.56 Å². The van der Waals surface area contributed by atoms with Crippen LogP contribution in [0.5, 0.6) is 17.2 Å². The van der Waals surface area contributed by atoms with E-state index in [9.17, 15) is 14.4 Å². The molecule has 0 unspecified atom stereocenters. The maximum absolute atomic E-state index is 13.5. The molecule has 3 amide bonds. The van der Waals surface area contributed by atoms with Crippen molar-refractivity contribution in [1.29, 1.82) is 0 Å². The lowest BCUT2D eigenvalue weighted by molar-refractivity contribution is -0.134. The normalized spacial score (nSPS) is 23.9. The first kappa shape index (κ1) is 27.3. The van der Waals surface area contributed by atoms with Gasteiger partial charge in [0.05, 0.1) is 24.1 Å². The molecule has 0 spiro atoms. The van der Waals surface area contributed by atoms with Crippen molar-refractivity contribution < 1.29 is 38.1 Å². The second kappa shape index (κ2) is 12.0. The molecule has 4 heterocycles. The topological polar surface area (TPSA) is 125 Å². The number of fused-ring (bicyclic) bond motifs is 3. The monoisotopic (exact) mass is 565 g/mol. The third kappa shape index (κ3) is 6.11. The van der Waals surface area contributed by atoms with Crippen molar-refractivity contribution in [2.75, 3.05) is 39.0 Å². The number of amides is 3. The lowest BCUT2D eigenvalue weighted by Crippen LogP contribution is -2.53. The first-order valence-electron chi connectivity index (χ1n) is 14.2. The molecule has 2 saturated heterocycles. The minimum atomic E-state index is -0.370. The first-order valence-corrected chi connectivity index (χ1v) is 14.2. The quantitative estimate of drug-likeness (QED) is 0.548. The van der Waals surface area contributed by atoms with Gasteiger partial charge in [0.2, 0.25) is 18.6 Å². The van der Waals surface area contributed by atoms with E-state index in [0.29, 0.717) is 73.9 Å². The van der Waals surface area contributed by atoms with E-state index in [1.54, 1.807) is 30.1 Å². The van der Waals surface area contributed by atoms with E-state index in [1.807, 2.05) is 18.2 Å². The number of nitrogens with one attached hydrogen (secondary N) is 2. The molecule has 0 aromatic heterocycles. The van der Waals surface area contributed by atoms with Crippen LogP contribution in [0, 0.1) is 5.92 Å². The molecule has 11 nitrogen and oxygen atoms in total. The molecular formula is C30H35N3O8. The molecule has 2 aromatic rings. The number of carbonyl (C=O) groups is 3. The van der Waals surface area contributed by atoms with E-state index in [1.165, 1.54) is 0 Å². The summed E-state index contributed by atoms with van der Waals surface area (Å²) in [4.78, 5) is 40.6. The Hall–Kier alpha value is -3.83. The van der Waals surface area contributed by atoms with Crippen LogP contribution in [0.4, 0.5) is 5.69 Å². The molecule has 0 bridgehead atoms. The molecule has 2 fully saturated rings. The molecule has 0 radical (unpaired) electrons. The zero-order chi connectivity index (χ0) is 28.3. The van der Waals surface area contributed by atoms with Gasteiger partial charge < -0.3 is 39.2 Å². The highest BCUT2D eigenvalue weighted by Gasteiger charge is 2.39. The molecule has 0 aliphatic carbocycles. The fraction of sp³-hybridized carbons (Fsp3) is 0.500. The molecule has 3 atom stereocenters. The van der Waals surface area contributed by atoms with Crippen LogP contribution in [0.2, 0.25) is 0 Å². The van der Waals surface area contributed by atoms with E-state index in [-0.39, 0.29) is 61.7 Å². The number of hydrogen-bond acceptors (Lipinski definition) is 8. The fourth-order valence-corrected chi connectivity index (χ4v) is 5.84. The Morgan fingerprint density at radius 1 is 0.951 bits per heavy atom. The van der Waals surface area contributed by atoms with E-state index >= 15 is 0 Å². The Kier molecular flexibility index (Phi) is 7.97. The van der Waals surface area contributed by atoms with Crippen LogP contribution < -0.4 is 24.8 Å². The van der Waals surface area contributed by atoms with Gasteiger partial charge in [-0.25, -0.2) is 0 Å². The lowest BCUT2D eigenvalue weighted by atomic mass is 9.94. The second-order valence-corrected chi connectivity index (χ2v) is 10.9. The summed E-state index contributed by atoms with van der Waals surface area (Å²) in [7, 11) is 1.77. The Balaban J connectivity index is 1.05. The number of ether oxygens (including phenoxy) is 5. The second-order valence-electron chi connectivity index (χ2n) is 10.9. The molecule has 41 heavy (non-hydrogen) atoms. The Bertz CT molecular complexity index is 1310. The molecule has 218 valence electrons. The first-order chi connectivity index (χ1) is 19.9. The van der Waals surface area contributed by atoms with Gasteiger partial charge in [-0.05, 0) is 61.6 Å². The Labute approximate surface area is 238 Å². The zero-order valence-corrected chi connectivity index (χ0v) is 23.1. The SMILES string of the molecule is CN1C(=O)c2cc(NC(=O)C3CCOCC3)ccc2OC[C@H]2O[C@@H](CC(=O)NCc3ccc4c(c3)OCO4)CC[C@@H]21. The van der Waals surface area contributed by atoms with Crippen LogP contribution in [-0.4, -0.2) is 74.5 Å². The van der Waals surface area contributed by atoms with Gasteiger partial charge in [0.1, 0.15) is 18.5 Å². The van der Waals surface area contributed by atoms with Gasteiger partial charge in [0.15, 0.2) is 11.5 Å². The number of anilines is 1. The summed E-state index contributed by atoms with van der Waals surface area (Å²) in [6.45, 7) is 1.99. The number of likely N-dealkylation sites (N-methyl/N-ethyl adjacent to an activating group) is 1. The third-order valence-electron chi connectivity index (χ3n) is 8.21. The lowest BCUT2D eigenvalue weighted by Gasteiger charge is -2.42. The smallest absolute Gasteiger partial charge is 0.257 e. The van der Waals surface area contributed by atoms with Crippen LogP contribution in [0.25, 0.3) is 0 Å². The van der Waals surface area contributed by atoms with Crippen LogP contribution in [0.3, 0.4) is 0 Å². The predicted octanol–water partition coefficient (Wildman–Crippen LogP) is 2.87. The minimum Gasteiger partial charge on any atom is -0.490 e. The van der Waals surface area contributed by atoms with Gasteiger partial charge >= 0.3 is 0 Å². The summed E-state index contributed by atoms with van der Waals surface area (Å²) < 4.78 is 28.5. The molecule has 2 N–H and O–H groups in total. The predicted molar refractivity (Wildman–Crippen MR) is 147 cm³/mol. The standard InChI is InChI=1S/C30H35N3O8/c1-33-23-5-4-21(14-28(34)31-15-18-2-6-25-26(12-18)40-17-39-25)41-27(23)16-38-24-7-3-20(13-22(24)30(33)36)32-29(35)19-8-10-37-11-9-19/h2-3,6-7,12-13,19,21,23,27H,4-5,8-11,14-17H2,1H3,(H,31,34)(H,32,35)/t21-,23+,27-/m1/s1. The molecule has 4 aliphatic heterocycles. The van der Waals surface area contributed by atoms with E-state index < -0.39 is 0 Å². The molecule has 2 aromatic carbocycles. The van der Waals surface area contributed by atoms with Crippen LogP contribution in [0.1, 0.15) is 48.0 Å². The van der Waals surface area contributed by atoms with Gasteiger partial charge in [0, 0.05) is 38.4 Å². The average Bonchev–Trinajstić information content (AvgIpc) is 3.47. The van der Waals surface area contributed by atoms with E-state index in [2.05, 4.69) is 10.6 Å². The van der Waals surface area contributed by atoms with Gasteiger partial charge in [-0.2, -0.15) is 0 Å². The van der Waals surface area contributed by atoms with Gasteiger partial charge in [-0.3, -0.25) is 14.4 Å². The van der Waals surface area contributed by atoms with Crippen molar-refractivity contribution in [2.24, 2.45) is 5.92 Å². The van der Waals surface area contributed by atoms with Gasteiger partial charge in [-0.15, -0.1) is 0 Å². The van der Waals surface area contributed by atoms with Gasteiger partial charge in [0.25, 0.3) is 5.91 Å². The van der Waals surface area contributed by atoms with Crippen molar-refractivity contribution in [3.63, 3.8) is 0 Å². The van der Waals surface area contributed by atoms with Gasteiger partial charge in [-0.1, -0.05) is 6.07 Å². The van der Waals surface area contributed by atoms with Crippen molar-refractivity contribution >= 4 is 23.4 Å². The number of nitrogens with zero attached hydrogens (tertiary/aromatic N) is 1. The minimum absolute atomic E-state index is 0.0625. The number of benzene rings is 2. The highest BCUT2D eigenvalue weighted by Crippen LogP contribution is 2.34. The summed E-state index contributed by atoms with van der Waals surface area (Å²) in [5, 5.41) is 5.90.